The highest BCUT2D eigenvalue weighted by atomic mass is 19.1. The van der Waals surface area contributed by atoms with Gasteiger partial charge in [0.2, 0.25) is 5.91 Å². The van der Waals surface area contributed by atoms with Crippen LogP contribution in [0.3, 0.4) is 0 Å². The van der Waals surface area contributed by atoms with Crippen LogP contribution in [-0.2, 0) is 17.8 Å². The molecule has 3 heterocycles. The van der Waals surface area contributed by atoms with E-state index < -0.39 is 18.0 Å². The van der Waals surface area contributed by atoms with E-state index in [-0.39, 0.29) is 11.6 Å². The first-order valence-electron chi connectivity index (χ1n) is 9.06. The molecule has 0 spiro atoms. The van der Waals surface area contributed by atoms with Crippen molar-refractivity contribution in [2.45, 2.75) is 50.8 Å². The number of benzene rings is 1. The van der Waals surface area contributed by atoms with Crippen LogP contribution >= 0.6 is 0 Å². The molecule has 138 valence electrons. The van der Waals surface area contributed by atoms with Crippen molar-refractivity contribution in [1.29, 1.82) is 0 Å². The molecule has 1 aromatic heterocycles. The highest BCUT2D eigenvalue weighted by Gasteiger charge is 2.28. The molecule has 1 fully saturated rings. The van der Waals surface area contributed by atoms with Crippen LogP contribution in [0.1, 0.15) is 31.5 Å². The van der Waals surface area contributed by atoms with Crippen LogP contribution < -0.4 is 10.6 Å². The maximum Gasteiger partial charge on any atom is 0.241 e. The first-order valence-corrected chi connectivity index (χ1v) is 9.06. The van der Waals surface area contributed by atoms with E-state index in [1.165, 1.54) is 6.07 Å². The summed E-state index contributed by atoms with van der Waals surface area (Å²) in [6.45, 7) is 1.22. The summed E-state index contributed by atoms with van der Waals surface area (Å²) in [5.74, 6) is 0.803. The molecule has 4 rings (SSSR count). The van der Waals surface area contributed by atoms with Crippen molar-refractivity contribution in [2.24, 2.45) is 0 Å². The Kier molecular flexibility index (Phi) is 4.69. The number of hydrogen-bond acceptors (Lipinski definition) is 5. The molecule has 7 nitrogen and oxygen atoms in total. The van der Waals surface area contributed by atoms with Gasteiger partial charge in [-0.3, -0.25) is 4.79 Å². The van der Waals surface area contributed by atoms with E-state index in [1.54, 1.807) is 12.1 Å². The third kappa shape index (κ3) is 3.34. The largest absolute Gasteiger partial charge is 0.392 e. The molecule has 1 saturated heterocycles. The fraction of sp³-hybridized carbons (Fsp3) is 0.500. The first-order chi connectivity index (χ1) is 12.6. The fourth-order valence-corrected chi connectivity index (χ4v) is 3.60. The number of aliphatic hydroxyl groups excluding tert-OH is 1. The standard InChI is InChI=1S/C18H22FN5O2/c19-13-6-5-11(17-23-22-16-4-2-1-3-7-24(16)17)8-14(13)21-18(26)15-9-12(25)10-20-15/h5-6,8,12,15,20,25H,1-4,7,9-10H2,(H,21,26). The normalized spacial score (nSPS) is 22.7. The number of carbonyl (C=O) groups excluding carboxylic acids is 1. The average Bonchev–Trinajstić information content (AvgIpc) is 3.17. The molecule has 0 bridgehead atoms. The van der Waals surface area contributed by atoms with Gasteiger partial charge in [0.25, 0.3) is 0 Å². The van der Waals surface area contributed by atoms with E-state index in [1.807, 2.05) is 0 Å². The molecule has 26 heavy (non-hydrogen) atoms. The lowest BCUT2D eigenvalue weighted by Crippen LogP contribution is -2.35. The zero-order valence-electron chi connectivity index (χ0n) is 14.4. The molecule has 1 aromatic carbocycles. The topological polar surface area (TPSA) is 92.1 Å². The molecule has 0 aliphatic carbocycles. The minimum absolute atomic E-state index is 0.113. The fourth-order valence-electron chi connectivity index (χ4n) is 3.60. The number of halogens is 1. The minimum Gasteiger partial charge on any atom is -0.392 e. The number of fused-ring (bicyclic) bond motifs is 1. The summed E-state index contributed by atoms with van der Waals surface area (Å²) < 4.78 is 16.3. The van der Waals surface area contributed by atoms with Crippen LogP contribution in [0, 0.1) is 5.82 Å². The van der Waals surface area contributed by atoms with Gasteiger partial charge in [-0.25, -0.2) is 4.39 Å². The molecule has 0 radical (unpaired) electrons. The lowest BCUT2D eigenvalue weighted by Gasteiger charge is -2.13. The summed E-state index contributed by atoms with van der Waals surface area (Å²) in [6.07, 6.45) is 4.00. The van der Waals surface area contributed by atoms with Crippen molar-refractivity contribution >= 4 is 11.6 Å². The molecule has 2 aliphatic heterocycles. The van der Waals surface area contributed by atoms with E-state index in [9.17, 15) is 14.3 Å². The lowest BCUT2D eigenvalue weighted by molar-refractivity contribution is -0.118. The minimum atomic E-state index is -0.548. The second kappa shape index (κ2) is 7.13. The number of aromatic nitrogens is 3. The number of hydrogen-bond donors (Lipinski definition) is 3. The van der Waals surface area contributed by atoms with E-state index in [4.69, 9.17) is 0 Å². The van der Waals surface area contributed by atoms with Crippen molar-refractivity contribution in [3.63, 3.8) is 0 Å². The van der Waals surface area contributed by atoms with Gasteiger partial charge in [0.15, 0.2) is 5.82 Å². The number of β-amino-alcohol motifs (C(OH)–C–C–N with tert-alkyl or cyclic N) is 1. The second-order valence-electron chi connectivity index (χ2n) is 6.94. The summed E-state index contributed by atoms with van der Waals surface area (Å²) in [6, 6.07) is 4.07. The summed E-state index contributed by atoms with van der Waals surface area (Å²) >= 11 is 0. The second-order valence-corrected chi connectivity index (χ2v) is 6.94. The van der Waals surface area contributed by atoms with Crippen LogP contribution in [0.4, 0.5) is 10.1 Å². The SMILES string of the molecule is O=C(Nc1cc(-c2nnc3n2CCCCC3)ccc1F)C1CC(O)CN1. The van der Waals surface area contributed by atoms with E-state index in [0.29, 0.717) is 18.8 Å². The van der Waals surface area contributed by atoms with Gasteiger partial charge in [-0.15, -0.1) is 10.2 Å². The van der Waals surface area contributed by atoms with Gasteiger partial charge in [0.05, 0.1) is 17.8 Å². The lowest BCUT2D eigenvalue weighted by atomic mass is 10.1. The van der Waals surface area contributed by atoms with Crippen LogP contribution in [0.15, 0.2) is 18.2 Å². The van der Waals surface area contributed by atoms with Crippen LogP contribution in [-0.4, -0.2) is 44.5 Å². The molecule has 1 amide bonds. The zero-order valence-corrected chi connectivity index (χ0v) is 14.4. The molecule has 0 saturated carbocycles. The molecular weight excluding hydrogens is 337 g/mol. The highest BCUT2D eigenvalue weighted by molar-refractivity contribution is 5.95. The molecule has 2 aliphatic rings. The third-order valence-electron chi connectivity index (χ3n) is 5.02. The van der Waals surface area contributed by atoms with Gasteiger partial charge in [-0.05, 0) is 37.5 Å². The van der Waals surface area contributed by atoms with Gasteiger partial charge in [-0.2, -0.15) is 0 Å². The number of aryl methyl sites for hydroxylation is 1. The Morgan fingerprint density at radius 2 is 2.19 bits per heavy atom. The van der Waals surface area contributed by atoms with Crippen molar-refractivity contribution < 1.29 is 14.3 Å². The maximum atomic E-state index is 14.2. The van der Waals surface area contributed by atoms with Gasteiger partial charge in [0, 0.05) is 25.1 Å². The predicted octanol–water partition coefficient (Wildman–Crippen LogP) is 1.47. The van der Waals surface area contributed by atoms with E-state index in [2.05, 4.69) is 25.4 Å². The Morgan fingerprint density at radius 3 is 3.00 bits per heavy atom. The van der Waals surface area contributed by atoms with E-state index >= 15 is 0 Å². The summed E-state index contributed by atoms with van der Waals surface area (Å²) in [5, 5.41) is 23.6. The molecular formula is C18H22FN5O2. The Morgan fingerprint density at radius 1 is 1.31 bits per heavy atom. The summed E-state index contributed by atoms with van der Waals surface area (Å²) in [7, 11) is 0. The van der Waals surface area contributed by atoms with E-state index in [0.717, 1.165) is 43.6 Å². The van der Waals surface area contributed by atoms with Gasteiger partial charge < -0.3 is 20.3 Å². The molecule has 2 atom stereocenters. The maximum absolute atomic E-state index is 14.2. The predicted molar refractivity (Wildman–Crippen MR) is 94.0 cm³/mol. The number of amides is 1. The van der Waals surface area contributed by atoms with Gasteiger partial charge >= 0.3 is 0 Å². The van der Waals surface area contributed by atoms with Crippen molar-refractivity contribution in [1.82, 2.24) is 20.1 Å². The van der Waals surface area contributed by atoms with Crippen LogP contribution in [0.5, 0.6) is 0 Å². The Balaban J connectivity index is 1.59. The number of aliphatic hydroxyl groups is 1. The smallest absolute Gasteiger partial charge is 0.241 e. The first kappa shape index (κ1) is 17.1. The quantitative estimate of drug-likeness (QED) is 0.772. The summed E-state index contributed by atoms with van der Waals surface area (Å²) in [5.41, 5.74) is 0.837. The van der Waals surface area contributed by atoms with Gasteiger partial charge in [-0.1, -0.05) is 6.42 Å². The summed E-state index contributed by atoms with van der Waals surface area (Å²) in [4.78, 5) is 12.3. The van der Waals surface area contributed by atoms with Gasteiger partial charge in [0.1, 0.15) is 11.6 Å². The Bertz CT molecular complexity index is 822. The van der Waals surface area contributed by atoms with Crippen molar-refractivity contribution in [3.8, 4) is 11.4 Å². The third-order valence-corrected chi connectivity index (χ3v) is 5.02. The van der Waals surface area contributed by atoms with Crippen molar-refractivity contribution in [3.05, 3.63) is 29.8 Å². The number of rotatable bonds is 3. The number of nitrogens with one attached hydrogen (secondary N) is 2. The molecule has 3 N–H and O–H groups in total. The number of carbonyl (C=O) groups is 1. The highest BCUT2D eigenvalue weighted by Crippen LogP contribution is 2.27. The van der Waals surface area contributed by atoms with Crippen LogP contribution in [0.2, 0.25) is 0 Å². The van der Waals surface area contributed by atoms with Crippen LogP contribution in [0.25, 0.3) is 11.4 Å². The molecule has 2 aromatic rings. The zero-order chi connectivity index (χ0) is 18.1. The van der Waals surface area contributed by atoms with Crippen molar-refractivity contribution in [2.75, 3.05) is 11.9 Å². The molecule has 2 unspecified atom stereocenters. The number of nitrogens with zero attached hydrogens (tertiary/aromatic N) is 3. The average molecular weight is 359 g/mol. The monoisotopic (exact) mass is 359 g/mol. The Hall–Kier alpha value is -2.32. The Labute approximate surface area is 150 Å². The molecule has 8 heteroatoms. The number of anilines is 1.